The van der Waals surface area contributed by atoms with E-state index in [0.29, 0.717) is 29.1 Å². The molecular weight excluding hydrogens is 366 g/mol. The third-order valence-electron chi connectivity index (χ3n) is 4.46. The van der Waals surface area contributed by atoms with Crippen molar-refractivity contribution in [1.29, 1.82) is 0 Å². The second kappa shape index (κ2) is 11.4. The number of allylic oxidation sites excluding steroid dienone is 2. The molecule has 1 aromatic rings. The molecule has 1 aromatic carbocycles. The van der Waals surface area contributed by atoms with Gasteiger partial charge in [0, 0.05) is 5.57 Å². The summed E-state index contributed by atoms with van der Waals surface area (Å²) in [6.07, 6.45) is -0.589. The molecule has 29 heavy (non-hydrogen) atoms. The lowest BCUT2D eigenvalue weighted by atomic mass is 9.81. The van der Waals surface area contributed by atoms with Crippen molar-refractivity contribution in [3.63, 3.8) is 0 Å². The summed E-state index contributed by atoms with van der Waals surface area (Å²) in [5.41, 5.74) is 4.28. The lowest BCUT2D eigenvalue weighted by molar-refractivity contribution is -0.138. The van der Waals surface area contributed by atoms with E-state index < -0.39 is 12.1 Å². The first-order valence-electron chi connectivity index (χ1n) is 10.2. The molecule has 0 aliphatic rings. The molecule has 0 atom stereocenters. The number of carbonyl (C=O) groups is 2. The number of rotatable bonds is 9. The van der Waals surface area contributed by atoms with Crippen LogP contribution in [0.4, 0.5) is 4.79 Å². The minimum atomic E-state index is -0.589. The molecule has 160 valence electrons. The highest BCUT2D eigenvalue weighted by Gasteiger charge is 2.18. The molecule has 1 rings (SSSR count). The highest BCUT2D eigenvalue weighted by Crippen LogP contribution is 2.35. The summed E-state index contributed by atoms with van der Waals surface area (Å²) in [6, 6.07) is 7.60. The highest BCUT2D eigenvalue weighted by atomic mass is 16.6. The Morgan fingerprint density at radius 2 is 1.52 bits per heavy atom. The first-order chi connectivity index (χ1) is 13.5. The van der Waals surface area contributed by atoms with Crippen LogP contribution in [0.15, 0.2) is 42.0 Å². The minimum Gasteiger partial charge on any atom is -0.460 e. The van der Waals surface area contributed by atoms with Crippen molar-refractivity contribution in [2.24, 2.45) is 17.8 Å². The van der Waals surface area contributed by atoms with E-state index in [9.17, 15) is 9.59 Å². The number of benzene rings is 1. The molecule has 0 heterocycles. The molecule has 5 heteroatoms. The van der Waals surface area contributed by atoms with Crippen LogP contribution in [-0.4, -0.2) is 25.2 Å². The van der Waals surface area contributed by atoms with E-state index in [1.54, 1.807) is 19.1 Å². The number of carbonyl (C=O) groups excluding carboxylic acids is 2. The molecule has 0 fully saturated rings. The summed E-state index contributed by atoms with van der Waals surface area (Å²) in [5, 5.41) is 2.55. The molecule has 0 unspecified atom stereocenters. The third-order valence-corrected chi connectivity index (χ3v) is 4.46. The topological polar surface area (TPSA) is 64.6 Å². The van der Waals surface area contributed by atoms with Crippen LogP contribution in [0.2, 0.25) is 0 Å². The number of esters is 1. The first-order valence-corrected chi connectivity index (χ1v) is 10.2. The van der Waals surface area contributed by atoms with E-state index in [1.807, 2.05) is 12.1 Å². The van der Waals surface area contributed by atoms with Crippen LogP contribution in [0, 0.1) is 17.8 Å². The quantitative estimate of drug-likeness (QED) is 0.331. The van der Waals surface area contributed by atoms with Gasteiger partial charge < -0.3 is 14.8 Å². The van der Waals surface area contributed by atoms with E-state index in [0.717, 1.165) is 5.56 Å². The zero-order chi connectivity index (χ0) is 22.1. The second-order valence-electron chi connectivity index (χ2n) is 8.09. The van der Waals surface area contributed by atoms with Crippen LogP contribution in [0.25, 0.3) is 5.57 Å². The van der Waals surface area contributed by atoms with E-state index in [-0.39, 0.29) is 13.2 Å². The van der Waals surface area contributed by atoms with Gasteiger partial charge in [-0.3, -0.25) is 0 Å². The van der Waals surface area contributed by atoms with Gasteiger partial charge in [0.15, 0.2) is 0 Å². The van der Waals surface area contributed by atoms with Crippen molar-refractivity contribution >= 4 is 17.6 Å². The molecule has 0 spiro atoms. The van der Waals surface area contributed by atoms with E-state index in [1.165, 1.54) is 11.1 Å². The fraction of sp³-hybridized carbons (Fsp3) is 0.500. The second-order valence-corrected chi connectivity index (χ2v) is 8.09. The van der Waals surface area contributed by atoms with Crippen LogP contribution in [0.3, 0.4) is 0 Å². The Hall–Kier alpha value is -2.56. The molecule has 0 saturated heterocycles. The van der Waals surface area contributed by atoms with Crippen LogP contribution >= 0.6 is 0 Å². The average Bonchev–Trinajstić information content (AvgIpc) is 2.62. The van der Waals surface area contributed by atoms with Crippen molar-refractivity contribution < 1.29 is 19.1 Å². The standard InChI is InChI=1S/C24H35NO4/c1-15(2)21(16(3)4)22(17(5)6)19-9-11-20(12-10-19)29-24(27)25-13-14-28-23(26)18(7)8/h9-12,15-17H,7,13-14H2,1-6,8H3,(H,25,27). The SMILES string of the molecule is C=C(C)C(=O)OCCNC(=O)Oc1ccc(C(=C(C(C)C)C(C)C)C(C)C)cc1. The Balaban J connectivity index is 2.77. The lowest BCUT2D eigenvalue weighted by Crippen LogP contribution is -2.30. The number of amides is 1. The monoisotopic (exact) mass is 401 g/mol. The maximum Gasteiger partial charge on any atom is 0.412 e. The van der Waals surface area contributed by atoms with Crippen LogP contribution in [0.5, 0.6) is 5.75 Å². The number of ether oxygens (including phenoxy) is 2. The Labute approximate surface area is 175 Å². The van der Waals surface area contributed by atoms with Gasteiger partial charge in [-0.25, -0.2) is 9.59 Å². The van der Waals surface area contributed by atoms with Crippen molar-refractivity contribution in [3.05, 3.63) is 47.6 Å². The average molecular weight is 402 g/mol. The zero-order valence-corrected chi connectivity index (χ0v) is 18.8. The lowest BCUT2D eigenvalue weighted by Gasteiger charge is -2.25. The van der Waals surface area contributed by atoms with Crippen molar-refractivity contribution in [2.45, 2.75) is 48.5 Å². The summed E-state index contributed by atoms with van der Waals surface area (Å²) >= 11 is 0. The summed E-state index contributed by atoms with van der Waals surface area (Å²) in [6.45, 7) is 18.6. The molecule has 0 aliphatic carbocycles. The molecule has 0 aliphatic heterocycles. The van der Waals surface area contributed by atoms with E-state index in [2.05, 4.69) is 53.4 Å². The van der Waals surface area contributed by atoms with Crippen LogP contribution < -0.4 is 10.1 Å². The van der Waals surface area contributed by atoms with Gasteiger partial charge in [0.2, 0.25) is 0 Å². The van der Waals surface area contributed by atoms with Gasteiger partial charge in [-0.15, -0.1) is 0 Å². The zero-order valence-electron chi connectivity index (χ0n) is 18.8. The molecular formula is C24H35NO4. The van der Waals surface area contributed by atoms with Gasteiger partial charge in [0.25, 0.3) is 0 Å². The fourth-order valence-electron chi connectivity index (χ4n) is 3.39. The predicted molar refractivity (Wildman–Crippen MR) is 118 cm³/mol. The van der Waals surface area contributed by atoms with Gasteiger partial charge in [-0.2, -0.15) is 0 Å². The molecule has 1 N–H and O–H groups in total. The molecule has 5 nitrogen and oxygen atoms in total. The Morgan fingerprint density at radius 1 is 0.966 bits per heavy atom. The Morgan fingerprint density at radius 3 is 1.97 bits per heavy atom. The molecule has 0 bridgehead atoms. The predicted octanol–water partition coefficient (Wildman–Crippen LogP) is 5.62. The van der Waals surface area contributed by atoms with Crippen LogP contribution in [0.1, 0.15) is 54.0 Å². The number of hydrogen-bond acceptors (Lipinski definition) is 4. The first kappa shape index (κ1) is 24.5. The summed E-state index contributed by atoms with van der Waals surface area (Å²) < 4.78 is 10.2. The van der Waals surface area contributed by atoms with Crippen molar-refractivity contribution in [3.8, 4) is 5.75 Å². The minimum absolute atomic E-state index is 0.0649. The fourth-order valence-corrected chi connectivity index (χ4v) is 3.39. The van der Waals surface area contributed by atoms with Gasteiger partial charge in [0.05, 0.1) is 6.54 Å². The third kappa shape index (κ3) is 7.76. The molecule has 0 radical (unpaired) electrons. The number of hydrogen-bond donors (Lipinski definition) is 1. The van der Waals surface area contributed by atoms with Gasteiger partial charge in [0.1, 0.15) is 12.4 Å². The largest absolute Gasteiger partial charge is 0.460 e. The Bertz CT molecular complexity index is 733. The summed E-state index contributed by atoms with van der Waals surface area (Å²) in [5.74, 6) is 1.31. The van der Waals surface area contributed by atoms with Gasteiger partial charge >= 0.3 is 12.1 Å². The molecule has 0 saturated carbocycles. The summed E-state index contributed by atoms with van der Waals surface area (Å²) in [7, 11) is 0. The van der Waals surface area contributed by atoms with Crippen molar-refractivity contribution in [1.82, 2.24) is 5.32 Å². The van der Waals surface area contributed by atoms with E-state index >= 15 is 0 Å². The maximum absolute atomic E-state index is 11.9. The smallest absolute Gasteiger partial charge is 0.412 e. The van der Waals surface area contributed by atoms with E-state index in [4.69, 9.17) is 9.47 Å². The normalized spacial score (nSPS) is 10.8. The van der Waals surface area contributed by atoms with Gasteiger partial charge in [-0.1, -0.05) is 65.8 Å². The Kier molecular flexibility index (Phi) is 9.66. The maximum atomic E-state index is 11.9. The van der Waals surface area contributed by atoms with Crippen LogP contribution in [-0.2, 0) is 9.53 Å². The van der Waals surface area contributed by atoms with Crippen molar-refractivity contribution in [2.75, 3.05) is 13.2 Å². The highest BCUT2D eigenvalue weighted by molar-refractivity contribution is 5.86. The molecule has 0 aromatic heterocycles. The van der Waals surface area contributed by atoms with Gasteiger partial charge in [-0.05, 0) is 47.9 Å². The summed E-state index contributed by atoms with van der Waals surface area (Å²) in [4.78, 5) is 23.2. The molecule has 1 amide bonds. The number of nitrogens with one attached hydrogen (secondary N) is 1.